The summed E-state index contributed by atoms with van der Waals surface area (Å²) in [5.41, 5.74) is 1.06. The summed E-state index contributed by atoms with van der Waals surface area (Å²) in [5.74, 6) is 0.293. The molecular formula is C16H23FN2O. The van der Waals surface area contributed by atoms with Gasteiger partial charge in [-0.05, 0) is 49.8 Å². The molecule has 1 aliphatic rings. The molecule has 1 fully saturated rings. The third-order valence-electron chi connectivity index (χ3n) is 3.89. The van der Waals surface area contributed by atoms with Crippen molar-refractivity contribution in [3.8, 4) is 0 Å². The first-order valence-corrected chi connectivity index (χ1v) is 7.39. The molecule has 1 aliphatic carbocycles. The molecule has 0 radical (unpaired) electrons. The maximum Gasteiger partial charge on any atom is 0.236 e. The molecule has 0 saturated heterocycles. The summed E-state index contributed by atoms with van der Waals surface area (Å²) < 4.78 is 13.2. The molecule has 1 aromatic carbocycles. The zero-order valence-electron chi connectivity index (χ0n) is 12.2. The Morgan fingerprint density at radius 3 is 2.85 bits per heavy atom. The molecule has 0 bridgehead atoms. The first kappa shape index (κ1) is 15.0. The Hall–Kier alpha value is -1.42. The van der Waals surface area contributed by atoms with Gasteiger partial charge in [-0.2, -0.15) is 0 Å². The number of amides is 1. The summed E-state index contributed by atoms with van der Waals surface area (Å²) in [6.45, 7) is 4.65. The number of nitrogens with one attached hydrogen (secondary N) is 2. The number of hydrogen-bond acceptors (Lipinski definition) is 2. The van der Waals surface area contributed by atoms with Crippen LogP contribution in [0.25, 0.3) is 0 Å². The fraction of sp³-hybridized carbons (Fsp3) is 0.562. The minimum absolute atomic E-state index is 0.0565. The predicted molar refractivity (Wildman–Crippen MR) is 78.1 cm³/mol. The van der Waals surface area contributed by atoms with Crippen molar-refractivity contribution in [3.05, 3.63) is 35.6 Å². The van der Waals surface area contributed by atoms with Gasteiger partial charge in [0.15, 0.2) is 0 Å². The molecule has 1 unspecified atom stereocenters. The lowest BCUT2D eigenvalue weighted by Gasteiger charge is -2.37. The van der Waals surface area contributed by atoms with E-state index in [9.17, 15) is 9.18 Å². The van der Waals surface area contributed by atoms with E-state index in [4.69, 9.17) is 0 Å². The van der Waals surface area contributed by atoms with Gasteiger partial charge in [-0.15, -0.1) is 0 Å². The Kier molecular flexibility index (Phi) is 5.12. The maximum atomic E-state index is 13.2. The van der Waals surface area contributed by atoms with Crippen molar-refractivity contribution in [2.45, 2.75) is 51.1 Å². The molecule has 0 spiro atoms. The zero-order chi connectivity index (χ0) is 14.5. The molecule has 1 saturated carbocycles. The highest BCUT2D eigenvalue weighted by Crippen LogP contribution is 2.37. The van der Waals surface area contributed by atoms with Gasteiger partial charge in [-0.1, -0.05) is 19.1 Å². The quantitative estimate of drug-likeness (QED) is 0.839. The van der Waals surface area contributed by atoms with Gasteiger partial charge in [0, 0.05) is 12.6 Å². The maximum absolute atomic E-state index is 13.2. The molecule has 20 heavy (non-hydrogen) atoms. The standard InChI is InChI=1S/C16H23FN2O/c1-3-7-18-16(20)11(2)19-15-9-13(10-15)12-5-4-6-14(17)8-12/h4-6,8,11,13,15,19H,3,7,9-10H2,1-2H3,(H,18,20). The van der Waals surface area contributed by atoms with E-state index in [1.807, 2.05) is 19.9 Å². The second kappa shape index (κ2) is 6.84. The predicted octanol–water partition coefficient (Wildman–Crippen LogP) is 2.58. The van der Waals surface area contributed by atoms with Crippen molar-refractivity contribution in [1.82, 2.24) is 10.6 Å². The van der Waals surface area contributed by atoms with Crippen LogP contribution in [-0.2, 0) is 4.79 Å². The molecule has 0 aromatic heterocycles. The van der Waals surface area contributed by atoms with Crippen LogP contribution >= 0.6 is 0 Å². The van der Waals surface area contributed by atoms with Crippen LogP contribution < -0.4 is 10.6 Å². The molecule has 3 nitrogen and oxygen atoms in total. The molecule has 4 heteroatoms. The van der Waals surface area contributed by atoms with Crippen LogP contribution in [0, 0.1) is 5.82 Å². The molecule has 0 aliphatic heterocycles. The molecule has 1 aromatic rings. The van der Waals surface area contributed by atoms with Gasteiger partial charge in [-0.25, -0.2) is 4.39 Å². The van der Waals surface area contributed by atoms with E-state index in [1.54, 1.807) is 12.1 Å². The first-order valence-electron chi connectivity index (χ1n) is 7.39. The largest absolute Gasteiger partial charge is 0.355 e. The Morgan fingerprint density at radius 1 is 1.45 bits per heavy atom. The molecular weight excluding hydrogens is 255 g/mol. The van der Waals surface area contributed by atoms with Gasteiger partial charge in [0.05, 0.1) is 6.04 Å². The van der Waals surface area contributed by atoms with Crippen molar-refractivity contribution in [2.24, 2.45) is 0 Å². The van der Waals surface area contributed by atoms with Gasteiger partial charge >= 0.3 is 0 Å². The van der Waals surface area contributed by atoms with Crippen molar-refractivity contribution >= 4 is 5.91 Å². The Labute approximate surface area is 120 Å². The molecule has 2 rings (SSSR count). The van der Waals surface area contributed by atoms with Crippen LogP contribution in [0.3, 0.4) is 0 Å². The fourth-order valence-electron chi connectivity index (χ4n) is 2.62. The minimum atomic E-state index is -0.175. The summed E-state index contributed by atoms with van der Waals surface area (Å²) in [5, 5.41) is 6.22. The van der Waals surface area contributed by atoms with E-state index < -0.39 is 0 Å². The third-order valence-corrected chi connectivity index (χ3v) is 3.89. The lowest BCUT2D eigenvalue weighted by molar-refractivity contribution is -0.123. The van der Waals surface area contributed by atoms with E-state index in [1.165, 1.54) is 6.07 Å². The third kappa shape index (κ3) is 3.79. The average Bonchev–Trinajstić information content (AvgIpc) is 2.39. The summed E-state index contributed by atoms with van der Waals surface area (Å²) in [6.07, 6.45) is 2.88. The Balaban J connectivity index is 1.75. The van der Waals surface area contributed by atoms with Gasteiger partial charge < -0.3 is 10.6 Å². The van der Waals surface area contributed by atoms with Crippen molar-refractivity contribution in [3.63, 3.8) is 0 Å². The SMILES string of the molecule is CCCNC(=O)C(C)NC1CC(c2cccc(F)c2)C1. The smallest absolute Gasteiger partial charge is 0.236 e. The number of rotatable bonds is 6. The monoisotopic (exact) mass is 278 g/mol. The summed E-state index contributed by atoms with van der Waals surface area (Å²) in [6, 6.07) is 7.00. The van der Waals surface area contributed by atoms with Crippen LogP contribution in [-0.4, -0.2) is 24.5 Å². The molecule has 110 valence electrons. The second-order valence-corrected chi connectivity index (χ2v) is 5.60. The summed E-state index contributed by atoms with van der Waals surface area (Å²) >= 11 is 0. The summed E-state index contributed by atoms with van der Waals surface area (Å²) in [7, 11) is 0. The van der Waals surface area contributed by atoms with Crippen molar-refractivity contribution in [1.29, 1.82) is 0 Å². The average molecular weight is 278 g/mol. The van der Waals surface area contributed by atoms with E-state index in [0.29, 0.717) is 12.0 Å². The second-order valence-electron chi connectivity index (χ2n) is 5.60. The highest BCUT2D eigenvalue weighted by molar-refractivity contribution is 5.81. The summed E-state index contributed by atoms with van der Waals surface area (Å²) in [4.78, 5) is 11.8. The van der Waals surface area contributed by atoms with Crippen molar-refractivity contribution in [2.75, 3.05) is 6.54 Å². The first-order chi connectivity index (χ1) is 9.60. The van der Waals surface area contributed by atoms with Crippen LogP contribution in [0.1, 0.15) is 44.6 Å². The lowest BCUT2D eigenvalue weighted by atomic mass is 9.75. The topological polar surface area (TPSA) is 41.1 Å². The van der Waals surface area contributed by atoms with Crippen LogP contribution in [0.4, 0.5) is 4.39 Å². The van der Waals surface area contributed by atoms with E-state index >= 15 is 0 Å². The van der Waals surface area contributed by atoms with Crippen LogP contribution in [0.15, 0.2) is 24.3 Å². The normalized spacial score (nSPS) is 22.9. The number of carbonyl (C=O) groups is 1. The van der Waals surface area contributed by atoms with E-state index in [2.05, 4.69) is 10.6 Å². The van der Waals surface area contributed by atoms with Crippen LogP contribution in [0.5, 0.6) is 0 Å². The van der Waals surface area contributed by atoms with Gasteiger partial charge in [0.25, 0.3) is 0 Å². The Bertz CT molecular complexity index is 458. The minimum Gasteiger partial charge on any atom is -0.355 e. The number of halogens is 1. The molecule has 1 amide bonds. The van der Waals surface area contributed by atoms with Crippen molar-refractivity contribution < 1.29 is 9.18 Å². The molecule has 1 atom stereocenters. The highest BCUT2D eigenvalue weighted by Gasteiger charge is 2.32. The molecule has 0 heterocycles. The van der Waals surface area contributed by atoms with Gasteiger partial charge in [0.1, 0.15) is 5.82 Å². The Morgan fingerprint density at radius 2 is 2.20 bits per heavy atom. The fourth-order valence-corrected chi connectivity index (χ4v) is 2.62. The van der Waals surface area contributed by atoms with E-state index in [0.717, 1.165) is 31.4 Å². The lowest BCUT2D eigenvalue weighted by Crippen LogP contribution is -2.50. The number of carbonyl (C=O) groups excluding carboxylic acids is 1. The van der Waals surface area contributed by atoms with Gasteiger partial charge in [0.2, 0.25) is 5.91 Å². The number of benzene rings is 1. The van der Waals surface area contributed by atoms with E-state index in [-0.39, 0.29) is 17.8 Å². The zero-order valence-corrected chi connectivity index (χ0v) is 12.2. The highest BCUT2D eigenvalue weighted by atomic mass is 19.1. The molecule has 2 N–H and O–H groups in total. The van der Waals surface area contributed by atoms with Crippen LogP contribution in [0.2, 0.25) is 0 Å². The van der Waals surface area contributed by atoms with Gasteiger partial charge in [-0.3, -0.25) is 4.79 Å². The number of hydrogen-bond donors (Lipinski definition) is 2.